The van der Waals surface area contributed by atoms with Crippen LogP contribution in [0.2, 0.25) is 0 Å². The van der Waals surface area contributed by atoms with E-state index in [1.54, 1.807) is 21.1 Å². The number of likely N-dealkylation sites (N-methyl/N-ethyl adjacent to an activating group) is 1. The number of carbonyl (C=O) groups excluding carboxylic acids is 3. The van der Waals surface area contributed by atoms with Gasteiger partial charge in [-0.15, -0.1) is 0 Å². The molecule has 0 saturated carbocycles. The lowest BCUT2D eigenvalue weighted by molar-refractivity contribution is -0.889. The average molecular weight is 542 g/mol. The van der Waals surface area contributed by atoms with Gasteiger partial charge < -0.3 is 28.6 Å². The highest BCUT2D eigenvalue weighted by molar-refractivity contribution is 5.70. The molecular weight excluding hydrogens is 486 g/mol. The second-order valence-corrected chi connectivity index (χ2v) is 11.0. The number of esters is 2. The van der Waals surface area contributed by atoms with Crippen LogP contribution in [-0.2, 0) is 28.6 Å². The molecule has 222 valence electrons. The topological polar surface area (TPSA) is 102 Å². The number of carboxylic acid groups (broad SMARTS) is 1. The number of allylic oxidation sites excluding steroid dienone is 2. The Morgan fingerprint density at radius 2 is 1.37 bits per heavy atom. The number of hydrogen-bond acceptors (Lipinski definition) is 7. The molecule has 0 aromatic rings. The third-order valence-corrected chi connectivity index (χ3v) is 6.42. The van der Waals surface area contributed by atoms with E-state index < -0.39 is 18.1 Å². The average Bonchev–Trinajstić information content (AvgIpc) is 2.84. The van der Waals surface area contributed by atoms with E-state index in [4.69, 9.17) is 14.2 Å². The number of rotatable bonds is 25. The standard InChI is InChI=1S/C30H55NO7/c1-6-8-10-12-14-16-18-20-28(32)37-25-26(24-36-23-22-27(30(34)35)31(3,4)5)38-29(33)21-19-17-15-13-11-9-7-2/h14,16,26-27H,6-13,15,17-25H2,1-5H3/b16-14+. The molecule has 0 aliphatic heterocycles. The van der Waals surface area contributed by atoms with Crippen LogP contribution >= 0.6 is 0 Å². The highest BCUT2D eigenvalue weighted by Crippen LogP contribution is 2.11. The molecule has 0 radical (unpaired) electrons. The Morgan fingerprint density at radius 3 is 2.00 bits per heavy atom. The van der Waals surface area contributed by atoms with Crippen molar-refractivity contribution in [2.24, 2.45) is 0 Å². The van der Waals surface area contributed by atoms with Gasteiger partial charge in [-0.2, -0.15) is 0 Å². The van der Waals surface area contributed by atoms with Crippen LogP contribution < -0.4 is 5.11 Å². The molecule has 0 aliphatic carbocycles. The van der Waals surface area contributed by atoms with Crippen molar-refractivity contribution in [1.29, 1.82) is 0 Å². The molecule has 0 saturated heterocycles. The molecule has 0 heterocycles. The molecule has 0 fully saturated rings. The van der Waals surface area contributed by atoms with E-state index in [0.29, 0.717) is 12.8 Å². The molecule has 0 aliphatic rings. The van der Waals surface area contributed by atoms with E-state index >= 15 is 0 Å². The molecule has 38 heavy (non-hydrogen) atoms. The monoisotopic (exact) mass is 541 g/mol. The Hall–Kier alpha value is -1.93. The summed E-state index contributed by atoms with van der Waals surface area (Å²) in [7, 11) is 5.36. The van der Waals surface area contributed by atoms with E-state index in [-0.39, 0.29) is 49.1 Å². The zero-order chi connectivity index (χ0) is 28.7. The summed E-state index contributed by atoms with van der Waals surface area (Å²) in [6.07, 6.45) is 17.1. The summed E-state index contributed by atoms with van der Waals surface area (Å²) in [5.41, 5.74) is 0. The lowest BCUT2D eigenvalue weighted by Crippen LogP contribution is -2.55. The van der Waals surface area contributed by atoms with Crippen molar-refractivity contribution in [2.75, 3.05) is 41.0 Å². The zero-order valence-electron chi connectivity index (χ0n) is 24.8. The van der Waals surface area contributed by atoms with Gasteiger partial charge in [0.15, 0.2) is 6.10 Å². The fourth-order valence-corrected chi connectivity index (χ4v) is 4.03. The van der Waals surface area contributed by atoms with Crippen LogP contribution in [0.15, 0.2) is 12.2 Å². The van der Waals surface area contributed by atoms with E-state index in [1.165, 1.54) is 38.5 Å². The third-order valence-electron chi connectivity index (χ3n) is 6.42. The van der Waals surface area contributed by atoms with Crippen molar-refractivity contribution in [2.45, 2.75) is 122 Å². The summed E-state index contributed by atoms with van der Waals surface area (Å²) < 4.78 is 16.8. The predicted octanol–water partition coefficient (Wildman–Crippen LogP) is 4.73. The van der Waals surface area contributed by atoms with Gasteiger partial charge in [0.25, 0.3) is 0 Å². The first-order valence-electron chi connectivity index (χ1n) is 14.7. The minimum atomic E-state index is -1.13. The van der Waals surface area contributed by atoms with Gasteiger partial charge in [0.1, 0.15) is 12.6 Å². The van der Waals surface area contributed by atoms with Crippen molar-refractivity contribution >= 4 is 17.9 Å². The van der Waals surface area contributed by atoms with Crippen molar-refractivity contribution in [3.63, 3.8) is 0 Å². The Bertz CT molecular complexity index is 657. The van der Waals surface area contributed by atoms with Gasteiger partial charge in [-0.05, 0) is 25.7 Å². The van der Waals surface area contributed by atoms with E-state index in [1.807, 2.05) is 6.08 Å². The molecule has 0 aromatic carbocycles. The van der Waals surface area contributed by atoms with Gasteiger partial charge in [-0.3, -0.25) is 9.59 Å². The Balaban J connectivity index is 4.60. The second kappa shape index (κ2) is 23.0. The first-order valence-corrected chi connectivity index (χ1v) is 14.7. The smallest absolute Gasteiger partial charge is 0.306 e. The Morgan fingerprint density at radius 1 is 0.763 bits per heavy atom. The highest BCUT2D eigenvalue weighted by atomic mass is 16.6. The molecular formula is C30H55NO7. The fraction of sp³-hybridized carbons (Fsp3) is 0.833. The van der Waals surface area contributed by atoms with Gasteiger partial charge in [0.2, 0.25) is 0 Å². The molecule has 8 nitrogen and oxygen atoms in total. The number of ether oxygens (including phenoxy) is 3. The van der Waals surface area contributed by atoms with Crippen LogP contribution in [-0.4, -0.2) is 75.5 Å². The summed E-state index contributed by atoms with van der Waals surface area (Å²) in [6.45, 7) is 4.47. The summed E-state index contributed by atoms with van der Waals surface area (Å²) in [6, 6.07) is -0.721. The van der Waals surface area contributed by atoms with Crippen LogP contribution in [0.25, 0.3) is 0 Å². The van der Waals surface area contributed by atoms with Gasteiger partial charge in [0, 0.05) is 19.3 Å². The van der Waals surface area contributed by atoms with Crippen molar-refractivity contribution in [3.05, 3.63) is 12.2 Å². The van der Waals surface area contributed by atoms with Gasteiger partial charge in [-0.25, -0.2) is 0 Å². The van der Waals surface area contributed by atoms with Gasteiger partial charge >= 0.3 is 11.9 Å². The van der Waals surface area contributed by atoms with E-state index in [9.17, 15) is 19.5 Å². The maximum atomic E-state index is 12.4. The minimum absolute atomic E-state index is 0.0320. The minimum Gasteiger partial charge on any atom is -0.544 e. The SMILES string of the molecule is CCCCC/C=C/CCC(=O)OCC(COCCC(C(=O)[O-])[N+](C)(C)C)OC(=O)CCCCCCCCC. The Labute approximate surface area is 231 Å². The maximum absolute atomic E-state index is 12.4. The number of carboxylic acids is 1. The first kappa shape index (κ1) is 36.1. The Kier molecular flexibility index (Phi) is 21.8. The van der Waals surface area contributed by atoms with Crippen molar-refractivity contribution in [1.82, 2.24) is 0 Å². The molecule has 2 unspecified atom stereocenters. The lowest BCUT2D eigenvalue weighted by Gasteiger charge is -2.34. The van der Waals surface area contributed by atoms with Crippen LogP contribution in [0.5, 0.6) is 0 Å². The molecule has 0 rings (SSSR count). The van der Waals surface area contributed by atoms with Crippen molar-refractivity contribution in [3.8, 4) is 0 Å². The highest BCUT2D eigenvalue weighted by Gasteiger charge is 2.25. The number of nitrogens with zero attached hydrogens (tertiary/aromatic N) is 1. The molecule has 0 spiro atoms. The summed E-state index contributed by atoms with van der Waals surface area (Å²) >= 11 is 0. The molecule has 2 atom stereocenters. The van der Waals surface area contributed by atoms with Crippen LogP contribution in [0.1, 0.15) is 110 Å². The number of unbranched alkanes of at least 4 members (excludes halogenated alkanes) is 9. The van der Waals surface area contributed by atoms with Crippen LogP contribution in [0, 0.1) is 0 Å². The van der Waals surface area contributed by atoms with Crippen LogP contribution in [0.3, 0.4) is 0 Å². The number of quaternary nitrogens is 1. The molecule has 0 aromatic heterocycles. The van der Waals surface area contributed by atoms with Gasteiger partial charge in [-0.1, -0.05) is 77.4 Å². The fourth-order valence-electron chi connectivity index (χ4n) is 4.03. The van der Waals surface area contributed by atoms with Gasteiger partial charge in [0.05, 0.1) is 40.3 Å². The molecule has 8 heteroatoms. The number of carbonyl (C=O) groups is 3. The molecule has 0 amide bonds. The van der Waals surface area contributed by atoms with E-state index in [2.05, 4.69) is 19.9 Å². The predicted molar refractivity (Wildman–Crippen MR) is 148 cm³/mol. The lowest BCUT2D eigenvalue weighted by atomic mass is 10.1. The first-order chi connectivity index (χ1) is 18.1. The van der Waals surface area contributed by atoms with Crippen molar-refractivity contribution < 1.29 is 38.2 Å². The maximum Gasteiger partial charge on any atom is 0.306 e. The zero-order valence-corrected chi connectivity index (χ0v) is 24.8. The van der Waals surface area contributed by atoms with Crippen LogP contribution in [0.4, 0.5) is 0 Å². The second-order valence-electron chi connectivity index (χ2n) is 11.0. The normalized spacial score (nSPS) is 13.4. The van der Waals surface area contributed by atoms with E-state index in [0.717, 1.165) is 32.1 Å². The largest absolute Gasteiger partial charge is 0.544 e. The molecule has 0 bridgehead atoms. The molecule has 0 N–H and O–H groups in total. The number of hydrogen-bond donors (Lipinski definition) is 0. The summed E-state index contributed by atoms with van der Waals surface area (Å²) in [5, 5.41) is 11.5. The summed E-state index contributed by atoms with van der Waals surface area (Å²) in [4.78, 5) is 36.0. The quantitative estimate of drug-likeness (QED) is 0.0712. The summed E-state index contributed by atoms with van der Waals surface area (Å²) in [5.74, 6) is -1.82. The number of aliphatic carboxylic acids is 1. The third kappa shape index (κ3) is 21.1.